The fourth-order valence-corrected chi connectivity index (χ4v) is 1.31. The first-order chi connectivity index (χ1) is 7.76. The number of benzene rings is 1. The van der Waals surface area contributed by atoms with Crippen LogP contribution in [0.4, 0.5) is 0 Å². The Hall–Kier alpha value is -1.53. The number of nitrogens with zero attached hydrogens (tertiary/aromatic N) is 1. The monoisotopic (exact) mass is 218 g/mol. The Morgan fingerprint density at radius 2 is 2.06 bits per heavy atom. The van der Waals surface area contributed by atoms with Crippen LogP contribution in [0.1, 0.15) is 19.4 Å². The molecule has 0 aliphatic rings. The molecule has 1 rings (SSSR count). The van der Waals surface area contributed by atoms with Crippen LogP contribution in [0.5, 0.6) is 5.75 Å². The summed E-state index contributed by atoms with van der Waals surface area (Å²) < 4.78 is 5.61. The second kappa shape index (κ2) is 6.86. The standard InChI is InChI=1S/C13H18N2O/c1-3-15-9-11(2)10-16-13-6-4-12(8-14)5-7-13/h4-7,11,15H,3,9-10H2,1-2H3. The van der Waals surface area contributed by atoms with E-state index < -0.39 is 0 Å². The van der Waals surface area contributed by atoms with Crippen LogP contribution in [-0.4, -0.2) is 19.7 Å². The summed E-state index contributed by atoms with van der Waals surface area (Å²) in [6.45, 7) is 6.88. The fourth-order valence-electron chi connectivity index (χ4n) is 1.31. The van der Waals surface area contributed by atoms with Gasteiger partial charge in [0.15, 0.2) is 0 Å². The number of nitriles is 1. The summed E-state index contributed by atoms with van der Waals surface area (Å²) in [4.78, 5) is 0. The van der Waals surface area contributed by atoms with Gasteiger partial charge in [0, 0.05) is 12.5 Å². The average Bonchev–Trinajstić information content (AvgIpc) is 2.34. The summed E-state index contributed by atoms with van der Waals surface area (Å²) in [6.07, 6.45) is 0. The molecule has 0 aromatic heterocycles. The fraction of sp³-hybridized carbons (Fsp3) is 0.462. The van der Waals surface area contributed by atoms with Gasteiger partial charge in [-0.15, -0.1) is 0 Å². The summed E-state index contributed by atoms with van der Waals surface area (Å²) in [7, 11) is 0. The van der Waals surface area contributed by atoms with Crippen molar-refractivity contribution in [3.8, 4) is 11.8 Å². The van der Waals surface area contributed by atoms with Crippen LogP contribution in [0.2, 0.25) is 0 Å². The lowest BCUT2D eigenvalue weighted by Gasteiger charge is -2.13. The first-order valence-electron chi connectivity index (χ1n) is 5.60. The predicted molar refractivity (Wildman–Crippen MR) is 64.4 cm³/mol. The molecule has 0 fully saturated rings. The maximum atomic E-state index is 8.64. The Morgan fingerprint density at radius 1 is 1.38 bits per heavy atom. The molecule has 0 spiro atoms. The van der Waals surface area contributed by atoms with E-state index in [2.05, 4.69) is 25.2 Å². The predicted octanol–water partition coefficient (Wildman–Crippen LogP) is 2.18. The molecule has 3 heteroatoms. The Bertz CT molecular complexity index is 340. The molecule has 1 unspecified atom stereocenters. The highest BCUT2D eigenvalue weighted by Crippen LogP contribution is 2.12. The van der Waals surface area contributed by atoms with E-state index in [9.17, 15) is 0 Å². The zero-order valence-corrected chi connectivity index (χ0v) is 9.86. The summed E-state index contributed by atoms with van der Waals surface area (Å²) in [5, 5.41) is 11.9. The molecule has 0 bridgehead atoms. The van der Waals surface area contributed by atoms with Crippen LogP contribution in [-0.2, 0) is 0 Å². The first-order valence-corrected chi connectivity index (χ1v) is 5.60. The number of nitrogens with one attached hydrogen (secondary N) is 1. The van der Waals surface area contributed by atoms with Gasteiger partial charge in [-0.2, -0.15) is 5.26 Å². The summed E-state index contributed by atoms with van der Waals surface area (Å²) in [6, 6.07) is 9.28. The third-order valence-electron chi connectivity index (χ3n) is 2.26. The van der Waals surface area contributed by atoms with Crippen molar-refractivity contribution in [3.05, 3.63) is 29.8 Å². The van der Waals surface area contributed by atoms with Gasteiger partial charge in [0.1, 0.15) is 5.75 Å². The maximum absolute atomic E-state index is 8.64. The largest absolute Gasteiger partial charge is 0.493 e. The van der Waals surface area contributed by atoms with Gasteiger partial charge in [-0.05, 0) is 30.8 Å². The quantitative estimate of drug-likeness (QED) is 0.796. The molecular weight excluding hydrogens is 200 g/mol. The molecule has 1 N–H and O–H groups in total. The van der Waals surface area contributed by atoms with Crippen molar-refractivity contribution in [2.45, 2.75) is 13.8 Å². The highest BCUT2D eigenvalue weighted by Gasteiger charge is 2.02. The minimum atomic E-state index is 0.482. The van der Waals surface area contributed by atoms with Gasteiger partial charge in [0.25, 0.3) is 0 Å². The zero-order chi connectivity index (χ0) is 11.8. The molecule has 0 aliphatic carbocycles. The van der Waals surface area contributed by atoms with E-state index in [-0.39, 0.29) is 0 Å². The van der Waals surface area contributed by atoms with Crippen LogP contribution in [0.25, 0.3) is 0 Å². The third-order valence-corrected chi connectivity index (χ3v) is 2.26. The number of hydrogen-bond acceptors (Lipinski definition) is 3. The van der Waals surface area contributed by atoms with Gasteiger partial charge < -0.3 is 10.1 Å². The van der Waals surface area contributed by atoms with E-state index in [4.69, 9.17) is 10.00 Å². The molecule has 0 aliphatic heterocycles. The molecule has 1 aromatic carbocycles. The molecule has 3 nitrogen and oxygen atoms in total. The lowest BCUT2D eigenvalue weighted by atomic mass is 10.2. The minimum absolute atomic E-state index is 0.482. The van der Waals surface area contributed by atoms with Gasteiger partial charge in [-0.3, -0.25) is 0 Å². The van der Waals surface area contributed by atoms with Crippen molar-refractivity contribution < 1.29 is 4.74 Å². The van der Waals surface area contributed by atoms with Gasteiger partial charge in [-0.1, -0.05) is 13.8 Å². The van der Waals surface area contributed by atoms with Crippen LogP contribution >= 0.6 is 0 Å². The van der Waals surface area contributed by atoms with E-state index in [1.807, 2.05) is 12.1 Å². The molecular formula is C13H18N2O. The van der Waals surface area contributed by atoms with E-state index in [1.165, 1.54) is 0 Å². The summed E-state index contributed by atoms with van der Waals surface area (Å²) >= 11 is 0. The lowest BCUT2D eigenvalue weighted by molar-refractivity contribution is 0.256. The highest BCUT2D eigenvalue weighted by molar-refractivity contribution is 5.34. The molecule has 1 aromatic rings. The van der Waals surface area contributed by atoms with Crippen LogP contribution in [0.3, 0.4) is 0 Å². The summed E-state index contributed by atoms with van der Waals surface area (Å²) in [5.41, 5.74) is 0.660. The number of hydrogen-bond donors (Lipinski definition) is 1. The van der Waals surface area contributed by atoms with Gasteiger partial charge in [0.05, 0.1) is 18.2 Å². The van der Waals surface area contributed by atoms with Crippen LogP contribution < -0.4 is 10.1 Å². The molecule has 86 valence electrons. The van der Waals surface area contributed by atoms with E-state index in [0.29, 0.717) is 18.1 Å². The number of ether oxygens (including phenoxy) is 1. The lowest BCUT2D eigenvalue weighted by Crippen LogP contribution is -2.24. The molecule has 0 saturated heterocycles. The second-order valence-electron chi connectivity index (χ2n) is 3.86. The van der Waals surface area contributed by atoms with E-state index in [0.717, 1.165) is 18.8 Å². The Kier molecular flexibility index (Phi) is 5.38. The van der Waals surface area contributed by atoms with Gasteiger partial charge >= 0.3 is 0 Å². The van der Waals surface area contributed by atoms with Crippen molar-refractivity contribution in [3.63, 3.8) is 0 Å². The van der Waals surface area contributed by atoms with Gasteiger partial charge in [0.2, 0.25) is 0 Å². The van der Waals surface area contributed by atoms with Crippen molar-refractivity contribution in [1.82, 2.24) is 5.32 Å². The molecule has 1 atom stereocenters. The van der Waals surface area contributed by atoms with Crippen molar-refractivity contribution >= 4 is 0 Å². The first kappa shape index (κ1) is 12.5. The molecule has 16 heavy (non-hydrogen) atoms. The smallest absolute Gasteiger partial charge is 0.119 e. The maximum Gasteiger partial charge on any atom is 0.119 e. The van der Waals surface area contributed by atoms with Crippen LogP contribution in [0, 0.1) is 17.2 Å². The van der Waals surface area contributed by atoms with E-state index in [1.54, 1.807) is 12.1 Å². The second-order valence-corrected chi connectivity index (χ2v) is 3.86. The SMILES string of the molecule is CCNCC(C)COc1ccc(C#N)cc1. The zero-order valence-electron chi connectivity index (χ0n) is 9.86. The van der Waals surface area contributed by atoms with E-state index >= 15 is 0 Å². The third kappa shape index (κ3) is 4.33. The van der Waals surface area contributed by atoms with Gasteiger partial charge in [-0.25, -0.2) is 0 Å². The van der Waals surface area contributed by atoms with Crippen molar-refractivity contribution in [2.24, 2.45) is 5.92 Å². The Balaban J connectivity index is 2.34. The normalized spacial score (nSPS) is 11.8. The minimum Gasteiger partial charge on any atom is -0.493 e. The Morgan fingerprint density at radius 3 is 2.62 bits per heavy atom. The molecule has 0 heterocycles. The average molecular weight is 218 g/mol. The molecule has 0 radical (unpaired) electrons. The van der Waals surface area contributed by atoms with Crippen LogP contribution in [0.15, 0.2) is 24.3 Å². The van der Waals surface area contributed by atoms with Crippen molar-refractivity contribution in [2.75, 3.05) is 19.7 Å². The topological polar surface area (TPSA) is 45.0 Å². The molecule has 0 saturated carbocycles. The Labute approximate surface area is 97.0 Å². The molecule has 0 amide bonds. The van der Waals surface area contributed by atoms with Crippen molar-refractivity contribution in [1.29, 1.82) is 5.26 Å². The summed E-state index contributed by atoms with van der Waals surface area (Å²) in [5.74, 6) is 1.30. The highest BCUT2D eigenvalue weighted by atomic mass is 16.5. The number of rotatable bonds is 6.